The van der Waals surface area contributed by atoms with E-state index >= 15 is 0 Å². The van der Waals surface area contributed by atoms with E-state index < -0.39 is 0 Å². The molecule has 0 aromatic rings. The summed E-state index contributed by atoms with van der Waals surface area (Å²) in [6.45, 7) is 7.96. The summed E-state index contributed by atoms with van der Waals surface area (Å²) in [5.41, 5.74) is 0. The van der Waals surface area contributed by atoms with Crippen molar-refractivity contribution in [3.63, 3.8) is 0 Å². The van der Waals surface area contributed by atoms with Gasteiger partial charge in [-0.25, -0.2) is 0 Å². The minimum Gasteiger partial charge on any atom is -0.314 e. The first-order valence-corrected chi connectivity index (χ1v) is 5.04. The molecule has 0 amide bonds. The highest BCUT2D eigenvalue weighted by Gasteiger charge is 1.97. The topological polar surface area (TPSA) is 12.0 Å². The van der Waals surface area contributed by atoms with E-state index in [9.17, 15) is 0 Å². The van der Waals surface area contributed by atoms with E-state index in [-0.39, 0.29) is 0 Å². The number of hydrogen-bond donors (Lipinski definition) is 1. The summed E-state index contributed by atoms with van der Waals surface area (Å²) in [6.07, 6.45) is 6.63. The molecule has 0 aromatic carbocycles. The second kappa shape index (κ2) is 8.06. The summed E-state index contributed by atoms with van der Waals surface area (Å²) < 4.78 is 0. The first-order valence-electron chi connectivity index (χ1n) is 5.04. The highest BCUT2D eigenvalue weighted by atomic mass is 14.9. The van der Waals surface area contributed by atoms with Crippen LogP contribution in [0.15, 0.2) is 0 Å². The Hall–Kier alpha value is -0.0400. The van der Waals surface area contributed by atoms with Crippen LogP contribution in [0, 0.1) is 0 Å². The van der Waals surface area contributed by atoms with Crippen molar-refractivity contribution in [3.05, 3.63) is 0 Å². The maximum absolute atomic E-state index is 3.52. The molecule has 0 aliphatic heterocycles. The lowest BCUT2D eigenvalue weighted by Crippen LogP contribution is -2.26. The zero-order valence-corrected chi connectivity index (χ0v) is 8.32. The molecular weight excluding hydrogens is 134 g/mol. The van der Waals surface area contributed by atoms with Crippen LogP contribution in [0.3, 0.4) is 0 Å². The molecular formula is C10H23N. The summed E-state index contributed by atoms with van der Waals surface area (Å²) in [6, 6.07) is 0.724. The van der Waals surface area contributed by atoms with Gasteiger partial charge >= 0.3 is 0 Å². The quantitative estimate of drug-likeness (QED) is 0.560. The Morgan fingerprint density at radius 2 is 1.73 bits per heavy atom. The van der Waals surface area contributed by atoms with Crippen molar-refractivity contribution < 1.29 is 0 Å². The van der Waals surface area contributed by atoms with E-state index in [0.717, 1.165) is 6.04 Å². The predicted molar refractivity (Wildman–Crippen MR) is 51.9 cm³/mol. The average Bonchev–Trinajstić information content (AvgIpc) is 2.01. The standard InChI is InChI=1S/C10H23N/c1-4-6-8-10(3)11-9-7-5-2/h10-11H,4-9H2,1-3H3/t10-/m1/s1. The molecule has 0 spiro atoms. The van der Waals surface area contributed by atoms with Crippen molar-refractivity contribution in [1.29, 1.82) is 0 Å². The van der Waals surface area contributed by atoms with E-state index in [1.54, 1.807) is 0 Å². The van der Waals surface area contributed by atoms with Gasteiger partial charge in [0.1, 0.15) is 0 Å². The van der Waals surface area contributed by atoms with Crippen LogP contribution in [0.4, 0.5) is 0 Å². The molecule has 0 radical (unpaired) electrons. The average molecular weight is 157 g/mol. The smallest absolute Gasteiger partial charge is 0.00387 e. The van der Waals surface area contributed by atoms with E-state index in [1.165, 1.54) is 38.6 Å². The van der Waals surface area contributed by atoms with Crippen LogP contribution in [0.2, 0.25) is 0 Å². The van der Waals surface area contributed by atoms with Crippen LogP contribution in [-0.4, -0.2) is 12.6 Å². The monoisotopic (exact) mass is 157 g/mol. The van der Waals surface area contributed by atoms with E-state index in [0.29, 0.717) is 0 Å². The van der Waals surface area contributed by atoms with Crippen molar-refractivity contribution in [2.24, 2.45) is 0 Å². The lowest BCUT2D eigenvalue weighted by molar-refractivity contribution is 0.488. The summed E-state index contributed by atoms with van der Waals surface area (Å²) >= 11 is 0. The van der Waals surface area contributed by atoms with Crippen LogP contribution >= 0.6 is 0 Å². The Morgan fingerprint density at radius 3 is 2.27 bits per heavy atom. The summed E-state index contributed by atoms with van der Waals surface area (Å²) in [5.74, 6) is 0. The van der Waals surface area contributed by atoms with Crippen molar-refractivity contribution in [2.75, 3.05) is 6.54 Å². The Labute approximate surface area is 71.6 Å². The van der Waals surface area contributed by atoms with Gasteiger partial charge in [0.15, 0.2) is 0 Å². The third-order valence-corrected chi connectivity index (χ3v) is 2.01. The minimum atomic E-state index is 0.724. The van der Waals surface area contributed by atoms with Gasteiger partial charge in [-0.05, 0) is 26.3 Å². The Kier molecular flexibility index (Phi) is 8.03. The lowest BCUT2D eigenvalue weighted by atomic mass is 10.1. The highest BCUT2D eigenvalue weighted by molar-refractivity contribution is 4.59. The molecule has 1 N–H and O–H groups in total. The van der Waals surface area contributed by atoms with Crippen LogP contribution < -0.4 is 5.32 Å². The van der Waals surface area contributed by atoms with Gasteiger partial charge in [0.2, 0.25) is 0 Å². The van der Waals surface area contributed by atoms with E-state index in [1.807, 2.05) is 0 Å². The third-order valence-electron chi connectivity index (χ3n) is 2.01. The maximum atomic E-state index is 3.52. The molecule has 0 aliphatic carbocycles. The van der Waals surface area contributed by atoms with Gasteiger partial charge in [-0.1, -0.05) is 33.1 Å². The molecule has 1 nitrogen and oxygen atoms in total. The first kappa shape index (κ1) is 11.0. The molecule has 11 heavy (non-hydrogen) atoms. The highest BCUT2D eigenvalue weighted by Crippen LogP contribution is 1.99. The SMILES string of the molecule is CCCCN[C@H](C)CCCC. The fourth-order valence-corrected chi connectivity index (χ4v) is 1.14. The maximum Gasteiger partial charge on any atom is 0.00387 e. The molecule has 0 heterocycles. The Bertz CT molecular complexity index is 71.3. The van der Waals surface area contributed by atoms with Crippen molar-refractivity contribution >= 4 is 0 Å². The summed E-state index contributed by atoms with van der Waals surface area (Å²) in [4.78, 5) is 0. The van der Waals surface area contributed by atoms with Gasteiger partial charge in [0.05, 0.1) is 0 Å². The molecule has 1 heteroatoms. The van der Waals surface area contributed by atoms with Crippen LogP contribution in [0.1, 0.15) is 52.9 Å². The van der Waals surface area contributed by atoms with Gasteiger partial charge in [-0.2, -0.15) is 0 Å². The molecule has 1 atom stereocenters. The predicted octanol–water partition coefficient (Wildman–Crippen LogP) is 2.95. The first-order chi connectivity index (χ1) is 5.31. The van der Waals surface area contributed by atoms with Gasteiger partial charge in [-0.3, -0.25) is 0 Å². The molecule has 0 bridgehead atoms. The van der Waals surface area contributed by atoms with Gasteiger partial charge in [0.25, 0.3) is 0 Å². The number of hydrogen-bond acceptors (Lipinski definition) is 1. The van der Waals surface area contributed by atoms with Gasteiger partial charge < -0.3 is 5.32 Å². The zero-order chi connectivity index (χ0) is 8.53. The Balaban J connectivity index is 3.02. The molecule has 0 unspecified atom stereocenters. The normalized spacial score (nSPS) is 13.4. The van der Waals surface area contributed by atoms with Gasteiger partial charge in [0, 0.05) is 6.04 Å². The number of nitrogens with one attached hydrogen (secondary N) is 1. The molecule has 0 aromatic heterocycles. The molecule has 0 saturated carbocycles. The van der Waals surface area contributed by atoms with Crippen LogP contribution in [0.25, 0.3) is 0 Å². The minimum absolute atomic E-state index is 0.724. The van der Waals surface area contributed by atoms with Crippen LogP contribution in [0.5, 0.6) is 0 Å². The van der Waals surface area contributed by atoms with E-state index in [2.05, 4.69) is 26.1 Å². The summed E-state index contributed by atoms with van der Waals surface area (Å²) in [5, 5.41) is 3.52. The Morgan fingerprint density at radius 1 is 1.09 bits per heavy atom. The van der Waals surface area contributed by atoms with Crippen molar-refractivity contribution in [1.82, 2.24) is 5.32 Å². The van der Waals surface area contributed by atoms with Crippen molar-refractivity contribution in [2.45, 2.75) is 58.9 Å². The third kappa shape index (κ3) is 7.86. The molecule has 0 aliphatic rings. The van der Waals surface area contributed by atoms with E-state index in [4.69, 9.17) is 0 Å². The van der Waals surface area contributed by atoms with Gasteiger partial charge in [-0.15, -0.1) is 0 Å². The second-order valence-corrected chi connectivity index (χ2v) is 3.35. The lowest BCUT2D eigenvalue weighted by Gasteiger charge is -2.12. The molecule has 0 rings (SSSR count). The zero-order valence-electron chi connectivity index (χ0n) is 8.32. The fraction of sp³-hybridized carbons (Fsp3) is 1.00. The number of rotatable bonds is 7. The molecule has 0 fully saturated rings. The molecule has 0 saturated heterocycles. The van der Waals surface area contributed by atoms with Crippen LogP contribution in [-0.2, 0) is 0 Å². The summed E-state index contributed by atoms with van der Waals surface area (Å²) in [7, 11) is 0. The largest absolute Gasteiger partial charge is 0.314 e. The molecule has 68 valence electrons. The van der Waals surface area contributed by atoms with Crippen molar-refractivity contribution in [3.8, 4) is 0 Å². The second-order valence-electron chi connectivity index (χ2n) is 3.35. The number of unbranched alkanes of at least 4 members (excludes halogenated alkanes) is 2. The fourth-order valence-electron chi connectivity index (χ4n) is 1.14.